The summed E-state index contributed by atoms with van der Waals surface area (Å²) in [6.45, 7) is 5.59. The molecule has 0 bridgehead atoms. The number of nitrogens with zero attached hydrogens (tertiary/aromatic N) is 1. The number of aliphatic imine (C=N–C) groups is 1. The molecule has 0 aromatic heterocycles. The maximum absolute atomic E-state index is 13.9. The Morgan fingerprint density at radius 2 is 1.29 bits per heavy atom. The molecule has 0 aliphatic carbocycles. The minimum Gasteiger partial charge on any atom is -0.507 e. The zero-order valence-corrected chi connectivity index (χ0v) is 32.1. The lowest BCUT2D eigenvalue weighted by atomic mass is 9.61. The first-order valence-electron chi connectivity index (χ1n) is 17.1. The molecule has 0 saturated carbocycles. The monoisotopic (exact) mass is 794 g/mol. The first kappa shape index (κ1) is 48.2. The van der Waals surface area contributed by atoms with Crippen molar-refractivity contribution in [1.29, 1.82) is 0 Å². The first-order valence-corrected chi connectivity index (χ1v) is 17.1. The van der Waals surface area contributed by atoms with Gasteiger partial charge < -0.3 is 45.0 Å². The van der Waals surface area contributed by atoms with Crippen molar-refractivity contribution < 1.29 is 75.9 Å². The summed E-state index contributed by atoms with van der Waals surface area (Å²) >= 11 is 0. The van der Waals surface area contributed by atoms with Crippen molar-refractivity contribution >= 4 is 35.7 Å². The number of ether oxygens (including phenoxy) is 6. The number of benzene rings is 1. The third-order valence-electron chi connectivity index (χ3n) is 8.61. The fraction of sp³-hybridized carbons (Fsp3) is 0.657. The minimum atomic E-state index is -4.81. The first-order chi connectivity index (χ1) is 25.4. The number of alkyl halides is 3. The van der Waals surface area contributed by atoms with Crippen LogP contribution in [0.5, 0.6) is 11.5 Å². The number of guanidine groups is 1. The van der Waals surface area contributed by atoms with Crippen molar-refractivity contribution in [3.63, 3.8) is 0 Å². The van der Waals surface area contributed by atoms with Crippen molar-refractivity contribution in [2.24, 2.45) is 38.1 Å². The predicted molar refractivity (Wildman–Crippen MR) is 188 cm³/mol. The number of amides is 1. The lowest BCUT2D eigenvalue weighted by Gasteiger charge is -2.42. The highest BCUT2D eigenvalue weighted by atomic mass is 19.4. The molecule has 0 aliphatic heterocycles. The van der Waals surface area contributed by atoms with E-state index in [1.807, 2.05) is 0 Å². The standard InChI is InChI=1S/C35H53F3N4O13/c1-8-32(4,27(46)55-21-35(36,37)38)19-34(6,29(48)54-14-13-50-7)20-33(5,28(47)52-12-11-41-30(39)40)18-31(2,3)26(45)53-16-15-51-22-9-10-23(24(43)17-22)25(44)42-49/h9-10,17,43,49H,8,11-16,18-21H2,1-7H3,(H,42,44)(H4,39,40,41). The Morgan fingerprint density at radius 1 is 0.764 bits per heavy atom. The molecule has 0 radical (unpaired) electrons. The lowest BCUT2D eigenvalue weighted by molar-refractivity contribution is -0.195. The van der Waals surface area contributed by atoms with E-state index in [4.69, 9.17) is 40.4 Å². The van der Waals surface area contributed by atoms with Crippen LogP contribution in [-0.2, 0) is 42.9 Å². The minimum absolute atomic E-state index is 0.0134. The number of carbonyl (C=O) groups is 5. The van der Waals surface area contributed by atoms with Gasteiger partial charge in [-0.15, -0.1) is 0 Å². The quantitative estimate of drug-likeness (QED) is 0.0203. The number of rotatable bonds is 23. The van der Waals surface area contributed by atoms with E-state index in [2.05, 4.69) is 9.73 Å². The molecule has 0 fully saturated rings. The van der Waals surface area contributed by atoms with E-state index in [-0.39, 0.29) is 69.7 Å². The normalized spacial score (nSPS) is 14.9. The zero-order valence-electron chi connectivity index (χ0n) is 32.1. The number of phenols is 1. The summed E-state index contributed by atoms with van der Waals surface area (Å²) < 4.78 is 70.4. The van der Waals surface area contributed by atoms with Crippen molar-refractivity contribution in [3.8, 4) is 11.5 Å². The van der Waals surface area contributed by atoms with Gasteiger partial charge in [0.05, 0.1) is 40.4 Å². The highest BCUT2D eigenvalue weighted by molar-refractivity contribution is 5.96. The van der Waals surface area contributed by atoms with Crippen LogP contribution in [0.3, 0.4) is 0 Å². The fourth-order valence-corrected chi connectivity index (χ4v) is 6.07. The predicted octanol–water partition coefficient (Wildman–Crippen LogP) is 3.17. The van der Waals surface area contributed by atoms with Crippen molar-refractivity contribution in [2.45, 2.75) is 73.4 Å². The summed E-state index contributed by atoms with van der Waals surface area (Å²) in [6.07, 6.45) is -6.05. The second-order valence-corrected chi connectivity index (χ2v) is 14.3. The van der Waals surface area contributed by atoms with Gasteiger partial charge in [0.1, 0.15) is 37.9 Å². The molecule has 3 atom stereocenters. The number of phenolic OH excluding ortho intramolecular Hbond substituents is 1. The Hall–Kier alpha value is -4.85. The average Bonchev–Trinajstić information content (AvgIpc) is 3.09. The van der Waals surface area contributed by atoms with Crippen LogP contribution in [0.2, 0.25) is 0 Å². The molecule has 0 aliphatic rings. The number of nitrogens with two attached hydrogens (primary N) is 2. The molecular weight excluding hydrogens is 741 g/mol. The van der Waals surface area contributed by atoms with Gasteiger partial charge in [-0.1, -0.05) is 6.92 Å². The molecule has 20 heteroatoms. The summed E-state index contributed by atoms with van der Waals surface area (Å²) in [4.78, 5) is 69.7. The molecule has 0 spiro atoms. The molecule has 55 heavy (non-hydrogen) atoms. The van der Waals surface area contributed by atoms with Crippen LogP contribution in [0.25, 0.3) is 0 Å². The van der Waals surface area contributed by atoms with Gasteiger partial charge in [-0.3, -0.25) is 34.2 Å². The number of nitrogens with one attached hydrogen (secondary N) is 1. The molecule has 7 N–H and O–H groups in total. The molecule has 17 nitrogen and oxygen atoms in total. The van der Waals surface area contributed by atoms with Crippen molar-refractivity contribution in [1.82, 2.24) is 5.48 Å². The van der Waals surface area contributed by atoms with Gasteiger partial charge in [0, 0.05) is 13.2 Å². The van der Waals surface area contributed by atoms with Gasteiger partial charge in [0.25, 0.3) is 5.91 Å². The molecule has 312 valence electrons. The Labute approximate surface area is 317 Å². The van der Waals surface area contributed by atoms with Crippen LogP contribution in [0.15, 0.2) is 23.2 Å². The number of esters is 4. The molecule has 0 saturated heterocycles. The van der Waals surface area contributed by atoms with Crippen LogP contribution in [0.4, 0.5) is 13.2 Å². The van der Waals surface area contributed by atoms with E-state index in [0.717, 1.165) is 6.07 Å². The molecule has 1 amide bonds. The van der Waals surface area contributed by atoms with Crippen molar-refractivity contribution in [3.05, 3.63) is 23.8 Å². The number of halogens is 3. The molecule has 1 rings (SSSR count). The van der Waals surface area contributed by atoms with E-state index >= 15 is 0 Å². The number of hydroxylamine groups is 1. The highest BCUT2D eigenvalue weighted by Crippen LogP contribution is 2.49. The highest BCUT2D eigenvalue weighted by Gasteiger charge is 2.54. The van der Waals surface area contributed by atoms with E-state index in [0.29, 0.717) is 0 Å². The summed E-state index contributed by atoms with van der Waals surface area (Å²) in [6, 6.07) is 3.63. The average molecular weight is 795 g/mol. The maximum Gasteiger partial charge on any atom is 0.422 e. The van der Waals surface area contributed by atoms with Crippen LogP contribution in [0.1, 0.15) is 77.6 Å². The van der Waals surface area contributed by atoms with Gasteiger partial charge >= 0.3 is 30.1 Å². The number of methoxy groups -OCH3 is 1. The number of carbonyl (C=O) groups excluding carboxylic acids is 5. The molecule has 1 aromatic rings. The molecule has 1 aromatic carbocycles. The Balaban J connectivity index is 3.44. The summed E-state index contributed by atoms with van der Waals surface area (Å²) in [5.41, 5.74) is 5.27. The topological polar surface area (TPSA) is 258 Å². The Kier molecular flexibility index (Phi) is 18.2. The summed E-state index contributed by atoms with van der Waals surface area (Å²) in [5.74, 6) is -5.41. The van der Waals surface area contributed by atoms with E-state index in [9.17, 15) is 42.3 Å². The number of hydrogen-bond donors (Lipinski definition) is 5. The van der Waals surface area contributed by atoms with Gasteiger partial charge in [-0.05, 0) is 72.4 Å². The smallest absolute Gasteiger partial charge is 0.422 e. The maximum atomic E-state index is 13.9. The van der Waals surface area contributed by atoms with Crippen LogP contribution >= 0.6 is 0 Å². The molecule has 0 heterocycles. The third-order valence-corrected chi connectivity index (χ3v) is 8.61. The Bertz CT molecular complexity index is 1520. The zero-order chi connectivity index (χ0) is 42.3. The third kappa shape index (κ3) is 15.4. The van der Waals surface area contributed by atoms with Crippen LogP contribution in [0, 0.1) is 21.7 Å². The molecular formula is C35H53F3N4O13. The largest absolute Gasteiger partial charge is 0.507 e. The fourth-order valence-electron chi connectivity index (χ4n) is 6.07. The van der Waals surface area contributed by atoms with Gasteiger partial charge in [-0.2, -0.15) is 13.2 Å². The van der Waals surface area contributed by atoms with Gasteiger partial charge in [0.2, 0.25) is 0 Å². The summed E-state index contributed by atoms with van der Waals surface area (Å²) in [5, 5.41) is 18.8. The van der Waals surface area contributed by atoms with Gasteiger partial charge in [0.15, 0.2) is 12.6 Å². The second kappa shape index (κ2) is 20.7. The van der Waals surface area contributed by atoms with E-state index < -0.39 is 82.8 Å². The number of aromatic hydroxyl groups is 1. The van der Waals surface area contributed by atoms with Crippen LogP contribution < -0.4 is 21.7 Å². The Morgan fingerprint density at radius 3 is 1.82 bits per heavy atom. The van der Waals surface area contributed by atoms with Crippen LogP contribution in [-0.4, -0.2) is 106 Å². The number of hydrogen-bond acceptors (Lipinski definition) is 14. The van der Waals surface area contributed by atoms with E-state index in [1.54, 1.807) is 0 Å². The lowest BCUT2D eigenvalue weighted by Crippen LogP contribution is -2.47. The van der Waals surface area contributed by atoms with E-state index in [1.165, 1.54) is 66.3 Å². The molecule has 3 unspecified atom stereocenters. The van der Waals surface area contributed by atoms with Crippen molar-refractivity contribution in [2.75, 3.05) is 53.3 Å². The second-order valence-electron chi connectivity index (χ2n) is 14.3. The summed E-state index contributed by atoms with van der Waals surface area (Å²) in [7, 11) is 1.36. The van der Waals surface area contributed by atoms with Gasteiger partial charge in [-0.25, -0.2) is 5.48 Å². The SMILES string of the molecule is CCC(C)(CC(C)(CC(C)(CC(C)(C)C(=O)OCCOc1ccc(C(=O)NO)c(O)c1)C(=O)OCCN=C(N)N)C(=O)OCCOC)C(=O)OCC(F)(F)F.